The Balaban J connectivity index is 2.07. The molecular formula is C23H26N4O8. The van der Waals surface area contributed by atoms with Gasteiger partial charge in [-0.2, -0.15) is 0 Å². The van der Waals surface area contributed by atoms with E-state index >= 15 is 0 Å². The van der Waals surface area contributed by atoms with E-state index in [4.69, 9.17) is 9.47 Å². The smallest absolute Gasteiger partial charge is 0.333 e. The number of amides is 4. The van der Waals surface area contributed by atoms with E-state index in [2.05, 4.69) is 0 Å². The number of aromatic nitrogens is 2. The van der Waals surface area contributed by atoms with Crippen molar-refractivity contribution in [1.29, 1.82) is 0 Å². The first-order valence-electron chi connectivity index (χ1n) is 10.7. The van der Waals surface area contributed by atoms with Gasteiger partial charge >= 0.3 is 11.7 Å². The number of barbiturate groups is 1. The fourth-order valence-electron chi connectivity index (χ4n) is 5.15. The van der Waals surface area contributed by atoms with E-state index in [0.717, 1.165) is 18.9 Å². The van der Waals surface area contributed by atoms with Gasteiger partial charge in [-0.1, -0.05) is 0 Å². The summed E-state index contributed by atoms with van der Waals surface area (Å²) >= 11 is 0. The van der Waals surface area contributed by atoms with E-state index in [0.29, 0.717) is 22.6 Å². The third-order valence-electron chi connectivity index (χ3n) is 7.08. The quantitative estimate of drug-likeness (QED) is 0.594. The third kappa shape index (κ3) is 3.16. The van der Waals surface area contributed by atoms with Crippen LogP contribution in [0.2, 0.25) is 0 Å². The first kappa shape index (κ1) is 24.0. The molecule has 1 N–H and O–H groups in total. The highest BCUT2D eigenvalue weighted by Crippen LogP contribution is 2.51. The van der Waals surface area contributed by atoms with E-state index < -0.39 is 46.3 Å². The van der Waals surface area contributed by atoms with Crippen LogP contribution in [0, 0.1) is 5.41 Å². The number of carbonyl (C=O) groups is 3. The summed E-state index contributed by atoms with van der Waals surface area (Å²) < 4.78 is 12.6. The molecule has 1 aliphatic heterocycles. The van der Waals surface area contributed by atoms with Gasteiger partial charge < -0.3 is 14.6 Å². The molecule has 12 nitrogen and oxygen atoms in total. The summed E-state index contributed by atoms with van der Waals surface area (Å²) in [5.41, 5.74) is -2.33. The minimum Gasteiger partial charge on any atom is -0.494 e. The summed E-state index contributed by atoms with van der Waals surface area (Å²) in [7, 11) is 8.04. The Morgan fingerprint density at radius 3 is 1.97 bits per heavy atom. The molecule has 1 spiro atoms. The van der Waals surface area contributed by atoms with Crippen molar-refractivity contribution in [3.63, 3.8) is 0 Å². The number of aromatic hydroxyl groups is 1. The summed E-state index contributed by atoms with van der Waals surface area (Å²) in [6, 6.07) is 2.48. The molecule has 1 aromatic carbocycles. The van der Waals surface area contributed by atoms with E-state index in [1.54, 1.807) is 12.1 Å². The predicted molar refractivity (Wildman–Crippen MR) is 122 cm³/mol. The van der Waals surface area contributed by atoms with Crippen LogP contribution in [0.5, 0.6) is 17.4 Å². The molecule has 1 saturated heterocycles. The molecule has 2 heterocycles. The minimum atomic E-state index is -1.72. The Morgan fingerprint density at radius 1 is 0.886 bits per heavy atom. The second-order valence-electron chi connectivity index (χ2n) is 8.88. The van der Waals surface area contributed by atoms with Crippen LogP contribution >= 0.6 is 0 Å². The number of hydrogen-bond acceptors (Lipinski definition) is 8. The molecular weight excluding hydrogens is 460 g/mol. The van der Waals surface area contributed by atoms with Crippen molar-refractivity contribution in [2.75, 3.05) is 28.3 Å². The number of methoxy groups -OCH3 is 2. The molecule has 2 aromatic rings. The molecule has 186 valence electrons. The normalized spacial score (nSPS) is 19.3. The van der Waals surface area contributed by atoms with Crippen molar-refractivity contribution < 1.29 is 29.0 Å². The zero-order valence-corrected chi connectivity index (χ0v) is 20.2. The Bertz CT molecular complexity index is 1380. The van der Waals surface area contributed by atoms with Gasteiger partial charge in [0.2, 0.25) is 17.7 Å². The SMILES string of the molecule is COc1cc2c(cc1OC)[C@H](c1c(O)n(C)c(=O)n(C)c1=O)CC1(C2)C(=O)N(C)C(=O)N(C)C1=O. The van der Waals surface area contributed by atoms with Gasteiger partial charge in [-0.15, -0.1) is 0 Å². The number of nitrogens with zero attached hydrogens (tertiary/aromatic N) is 4. The van der Waals surface area contributed by atoms with Crippen LogP contribution in [0.15, 0.2) is 21.7 Å². The minimum absolute atomic E-state index is 0.0638. The molecule has 0 unspecified atom stereocenters. The van der Waals surface area contributed by atoms with Crippen molar-refractivity contribution in [2.24, 2.45) is 19.5 Å². The van der Waals surface area contributed by atoms with Gasteiger partial charge in [-0.25, -0.2) is 9.59 Å². The number of carbonyl (C=O) groups excluding carboxylic acids is 3. The molecule has 1 fully saturated rings. The number of fused-ring (bicyclic) bond motifs is 1. The molecule has 2 aliphatic rings. The zero-order chi connectivity index (χ0) is 26.0. The van der Waals surface area contributed by atoms with Crippen LogP contribution in [-0.4, -0.2) is 70.2 Å². The van der Waals surface area contributed by atoms with Gasteiger partial charge in [0.15, 0.2) is 11.5 Å². The molecule has 1 atom stereocenters. The fraction of sp³-hybridized carbons (Fsp3) is 0.435. The van der Waals surface area contributed by atoms with Crippen molar-refractivity contribution in [1.82, 2.24) is 18.9 Å². The lowest BCUT2D eigenvalue weighted by atomic mass is 9.63. The van der Waals surface area contributed by atoms with Gasteiger partial charge in [0.1, 0.15) is 5.41 Å². The van der Waals surface area contributed by atoms with Crippen LogP contribution in [0.25, 0.3) is 0 Å². The molecule has 12 heteroatoms. The molecule has 35 heavy (non-hydrogen) atoms. The zero-order valence-electron chi connectivity index (χ0n) is 20.2. The Hall–Kier alpha value is -4.09. The van der Waals surface area contributed by atoms with Gasteiger partial charge in [0.05, 0.1) is 19.8 Å². The summed E-state index contributed by atoms with van der Waals surface area (Å²) in [6.07, 6.45) is -0.276. The molecule has 0 saturated carbocycles. The maximum atomic E-state index is 13.5. The second-order valence-corrected chi connectivity index (χ2v) is 8.88. The topological polar surface area (TPSA) is 140 Å². The highest BCUT2D eigenvalue weighted by molar-refractivity contribution is 6.19. The molecule has 0 bridgehead atoms. The maximum absolute atomic E-state index is 13.5. The number of ether oxygens (including phenoxy) is 2. The highest BCUT2D eigenvalue weighted by Gasteiger charge is 2.59. The molecule has 1 aliphatic carbocycles. The summed E-state index contributed by atoms with van der Waals surface area (Å²) in [4.78, 5) is 66.8. The molecule has 4 rings (SSSR count). The monoisotopic (exact) mass is 486 g/mol. The van der Waals surface area contributed by atoms with Gasteiger partial charge in [-0.05, 0) is 36.1 Å². The lowest BCUT2D eigenvalue weighted by Gasteiger charge is -2.46. The van der Waals surface area contributed by atoms with Gasteiger partial charge in [-0.3, -0.25) is 33.3 Å². The first-order chi connectivity index (χ1) is 16.4. The lowest BCUT2D eigenvalue weighted by Crippen LogP contribution is -2.64. The standard InChI is InChI=1S/C23H26N4O8/c1-24-17(28)16(18(29)25(2)21(24)32)13-10-23(19(30)26(3)22(33)27(4)20(23)31)9-11-7-14(34-5)15(35-6)8-12(11)13/h7-8,13,28H,9-10H2,1-6H3/t13-/m1/s1. The van der Waals surface area contributed by atoms with Crippen LogP contribution < -0.4 is 20.7 Å². The highest BCUT2D eigenvalue weighted by atomic mass is 16.5. The first-order valence-corrected chi connectivity index (χ1v) is 10.7. The van der Waals surface area contributed by atoms with E-state index in [1.165, 1.54) is 42.4 Å². The van der Waals surface area contributed by atoms with Crippen LogP contribution in [0.4, 0.5) is 4.79 Å². The van der Waals surface area contributed by atoms with E-state index in [-0.39, 0.29) is 18.4 Å². The molecule has 0 radical (unpaired) electrons. The molecule has 1 aromatic heterocycles. The lowest BCUT2D eigenvalue weighted by molar-refractivity contribution is -0.158. The number of urea groups is 1. The van der Waals surface area contributed by atoms with Crippen molar-refractivity contribution in [3.8, 4) is 17.4 Å². The van der Waals surface area contributed by atoms with Crippen molar-refractivity contribution in [3.05, 3.63) is 49.7 Å². The summed E-state index contributed by atoms with van der Waals surface area (Å²) in [5, 5.41) is 10.9. The van der Waals surface area contributed by atoms with E-state index in [9.17, 15) is 29.1 Å². The second kappa shape index (κ2) is 8.00. The number of benzene rings is 1. The number of hydrogen-bond donors (Lipinski definition) is 1. The van der Waals surface area contributed by atoms with Gasteiger partial charge in [0, 0.05) is 34.1 Å². The average Bonchev–Trinajstić information content (AvgIpc) is 2.86. The van der Waals surface area contributed by atoms with Crippen LogP contribution in [0.3, 0.4) is 0 Å². The average molecular weight is 486 g/mol. The van der Waals surface area contributed by atoms with Crippen LogP contribution in [-0.2, 0) is 30.1 Å². The predicted octanol–water partition coefficient (Wildman–Crippen LogP) is -0.0783. The largest absolute Gasteiger partial charge is 0.494 e. The third-order valence-corrected chi connectivity index (χ3v) is 7.08. The number of rotatable bonds is 3. The summed E-state index contributed by atoms with van der Waals surface area (Å²) in [5.74, 6) is -2.29. The number of imide groups is 2. The van der Waals surface area contributed by atoms with Crippen LogP contribution in [0.1, 0.15) is 29.0 Å². The molecule has 4 amide bonds. The summed E-state index contributed by atoms with van der Waals surface area (Å²) in [6.45, 7) is 0. The fourth-order valence-corrected chi connectivity index (χ4v) is 5.15. The Kier molecular flexibility index (Phi) is 5.49. The Labute approximate surface area is 199 Å². The van der Waals surface area contributed by atoms with Crippen molar-refractivity contribution >= 4 is 17.8 Å². The maximum Gasteiger partial charge on any atom is 0.333 e. The van der Waals surface area contributed by atoms with Gasteiger partial charge in [0.25, 0.3) is 5.56 Å². The van der Waals surface area contributed by atoms with Crippen molar-refractivity contribution in [2.45, 2.75) is 18.8 Å². The Morgan fingerprint density at radius 2 is 1.43 bits per heavy atom. The van der Waals surface area contributed by atoms with E-state index in [1.807, 2.05) is 0 Å².